The smallest absolute Gasteiger partial charge is 0.182 e. The molecule has 0 saturated carbocycles. The number of aliphatic hydroxyl groups is 1. The fraction of sp³-hybridized carbons (Fsp3) is 0.136. The number of aromatic hydroxyl groups is 2. The van der Waals surface area contributed by atoms with Gasteiger partial charge in [-0.05, 0) is 61.6 Å². The molecule has 5 heteroatoms. The lowest BCUT2D eigenvalue weighted by atomic mass is 10.1. The molecule has 0 heterocycles. The number of hydrogen-bond acceptors (Lipinski definition) is 5. The van der Waals surface area contributed by atoms with Crippen molar-refractivity contribution in [2.75, 3.05) is 14.1 Å². The number of nitrogens with zero attached hydrogens (tertiary/aromatic N) is 1. The third-order valence-corrected chi connectivity index (χ3v) is 3.66. The van der Waals surface area contributed by atoms with Gasteiger partial charge in [-0.2, -0.15) is 0 Å². The fourth-order valence-electron chi connectivity index (χ4n) is 2.36. The van der Waals surface area contributed by atoms with Crippen LogP contribution in [0.4, 0.5) is 0 Å². The van der Waals surface area contributed by atoms with Gasteiger partial charge in [-0.25, -0.2) is 0 Å². The van der Waals surface area contributed by atoms with E-state index in [-0.39, 0.29) is 23.0 Å². The van der Waals surface area contributed by atoms with E-state index in [0.717, 1.165) is 22.8 Å². The second-order valence-electron chi connectivity index (χ2n) is 6.36. The van der Waals surface area contributed by atoms with E-state index in [0.29, 0.717) is 6.54 Å². The van der Waals surface area contributed by atoms with Crippen molar-refractivity contribution in [2.24, 2.45) is 0 Å². The monoisotopic (exact) mass is 365 g/mol. The van der Waals surface area contributed by atoms with Crippen molar-refractivity contribution in [3.63, 3.8) is 0 Å². The number of allylic oxidation sites excluding steroid dienone is 3. The predicted molar refractivity (Wildman–Crippen MR) is 107 cm³/mol. The van der Waals surface area contributed by atoms with E-state index in [1.54, 1.807) is 36.4 Å². The zero-order valence-corrected chi connectivity index (χ0v) is 15.3. The van der Waals surface area contributed by atoms with Crippen LogP contribution < -0.4 is 0 Å². The molecule has 5 nitrogen and oxygen atoms in total. The Labute approximate surface area is 158 Å². The molecule has 0 radical (unpaired) electrons. The van der Waals surface area contributed by atoms with Crippen LogP contribution in [0.15, 0.2) is 66.5 Å². The molecule has 2 aromatic rings. The summed E-state index contributed by atoms with van der Waals surface area (Å²) in [6.45, 7) is 0.593. The number of carbonyl (C=O) groups excluding carboxylic acids is 1. The normalized spacial score (nSPS) is 12.3. The maximum absolute atomic E-state index is 11.9. The number of phenolic OH excluding ortho intramolecular Hbond substituents is 2. The molecular weight excluding hydrogens is 342 g/mol. The molecule has 0 bridgehead atoms. The zero-order chi connectivity index (χ0) is 19.8. The van der Waals surface area contributed by atoms with Crippen LogP contribution >= 0.6 is 0 Å². The Balaban J connectivity index is 2.03. The summed E-state index contributed by atoms with van der Waals surface area (Å²) in [7, 11) is 3.82. The van der Waals surface area contributed by atoms with Gasteiger partial charge in [0.15, 0.2) is 5.78 Å². The number of aliphatic hydroxyl groups excluding tert-OH is 1. The largest absolute Gasteiger partial charge is 0.508 e. The number of carbonyl (C=O) groups is 1. The first-order valence-electron chi connectivity index (χ1n) is 8.40. The first kappa shape index (κ1) is 20.0. The Kier molecular flexibility index (Phi) is 6.97. The van der Waals surface area contributed by atoms with Crippen molar-refractivity contribution in [1.29, 1.82) is 0 Å². The lowest BCUT2D eigenvalue weighted by molar-refractivity contribution is -0.110. The quantitative estimate of drug-likeness (QED) is 0.394. The highest BCUT2D eigenvalue weighted by atomic mass is 16.3. The van der Waals surface area contributed by atoms with Crippen LogP contribution in [0.25, 0.3) is 12.2 Å². The number of ketones is 1. The van der Waals surface area contributed by atoms with Crippen LogP contribution in [-0.2, 0) is 11.3 Å². The van der Waals surface area contributed by atoms with Crippen LogP contribution in [0.2, 0.25) is 0 Å². The lowest BCUT2D eigenvalue weighted by Crippen LogP contribution is -2.10. The molecule has 0 aliphatic rings. The van der Waals surface area contributed by atoms with Crippen molar-refractivity contribution in [2.45, 2.75) is 6.54 Å². The van der Waals surface area contributed by atoms with E-state index >= 15 is 0 Å². The summed E-state index contributed by atoms with van der Waals surface area (Å²) in [5, 5.41) is 29.0. The molecule has 2 aromatic carbocycles. The lowest BCUT2D eigenvalue weighted by Gasteiger charge is -2.11. The highest BCUT2D eigenvalue weighted by Crippen LogP contribution is 2.20. The summed E-state index contributed by atoms with van der Waals surface area (Å²) >= 11 is 0. The minimum Gasteiger partial charge on any atom is -0.508 e. The average Bonchev–Trinajstić information content (AvgIpc) is 2.61. The van der Waals surface area contributed by atoms with Crippen LogP contribution in [0.5, 0.6) is 11.5 Å². The molecule has 0 amide bonds. The molecule has 2 rings (SSSR count). The zero-order valence-electron chi connectivity index (χ0n) is 15.3. The molecule has 0 fully saturated rings. The third kappa shape index (κ3) is 6.84. The Morgan fingerprint density at radius 2 is 1.59 bits per heavy atom. The maximum atomic E-state index is 11.9. The Morgan fingerprint density at radius 1 is 0.963 bits per heavy atom. The Morgan fingerprint density at radius 3 is 2.26 bits per heavy atom. The maximum Gasteiger partial charge on any atom is 0.182 e. The fourth-order valence-corrected chi connectivity index (χ4v) is 2.36. The van der Waals surface area contributed by atoms with Gasteiger partial charge in [0.2, 0.25) is 0 Å². The molecule has 0 atom stereocenters. The molecule has 0 aromatic heterocycles. The summed E-state index contributed by atoms with van der Waals surface area (Å²) in [6, 6.07) is 11.6. The van der Waals surface area contributed by atoms with Crippen molar-refractivity contribution in [3.05, 3.63) is 83.1 Å². The van der Waals surface area contributed by atoms with Gasteiger partial charge in [-0.3, -0.25) is 4.79 Å². The Bertz CT molecular complexity index is 878. The Hall–Kier alpha value is -3.31. The molecule has 0 unspecified atom stereocenters. The molecule has 0 spiro atoms. The van der Waals surface area contributed by atoms with Crippen LogP contribution in [0.1, 0.15) is 16.7 Å². The average molecular weight is 365 g/mol. The van der Waals surface area contributed by atoms with E-state index in [4.69, 9.17) is 0 Å². The number of phenols is 2. The van der Waals surface area contributed by atoms with Crippen molar-refractivity contribution < 1.29 is 20.1 Å². The molecule has 3 N–H and O–H groups in total. The molecule has 0 aliphatic carbocycles. The van der Waals surface area contributed by atoms with Gasteiger partial charge in [0.25, 0.3) is 0 Å². The summed E-state index contributed by atoms with van der Waals surface area (Å²) in [5.41, 5.74) is 2.34. The van der Waals surface area contributed by atoms with Gasteiger partial charge in [-0.1, -0.05) is 30.4 Å². The minimum atomic E-state index is -0.357. The topological polar surface area (TPSA) is 81.0 Å². The third-order valence-electron chi connectivity index (χ3n) is 3.66. The second kappa shape index (κ2) is 9.40. The van der Waals surface area contributed by atoms with Crippen molar-refractivity contribution in [1.82, 2.24) is 4.90 Å². The van der Waals surface area contributed by atoms with E-state index in [1.165, 1.54) is 24.3 Å². The second-order valence-corrected chi connectivity index (χ2v) is 6.36. The molecule has 0 saturated heterocycles. The number of rotatable bonds is 7. The van der Waals surface area contributed by atoms with Crippen molar-refractivity contribution >= 4 is 17.9 Å². The van der Waals surface area contributed by atoms with Gasteiger partial charge >= 0.3 is 0 Å². The van der Waals surface area contributed by atoms with E-state index < -0.39 is 0 Å². The van der Waals surface area contributed by atoms with Gasteiger partial charge in [0.05, 0.1) is 0 Å². The standard InChI is InChI=1S/C22H23NO4/c1-23(2)15-18-13-17(7-12-22(18)27)6-11-21(26)14-20(25)10-5-16-3-8-19(24)9-4-16/h3-14,24,26-27H,15H2,1-2H3/b10-5+,11-6+,21-14-. The molecule has 0 aliphatic heterocycles. The highest BCUT2D eigenvalue weighted by molar-refractivity contribution is 6.02. The summed E-state index contributed by atoms with van der Waals surface area (Å²) in [5.74, 6) is -0.152. The summed E-state index contributed by atoms with van der Waals surface area (Å²) in [6.07, 6.45) is 7.16. The predicted octanol–water partition coefficient (Wildman–Crippen LogP) is 3.90. The van der Waals surface area contributed by atoms with Crippen molar-refractivity contribution in [3.8, 4) is 11.5 Å². The van der Waals surface area contributed by atoms with E-state index in [1.807, 2.05) is 25.1 Å². The van der Waals surface area contributed by atoms with Crippen LogP contribution in [-0.4, -0.2) is 40.1 Å². The minimum absolute atomic E-state index is 0.157. The molecule has 140 valence electrons. The molecule has 27 heavy (non-hydrogen) atoms. The number of benzene rings is 2. The van der Waals surface area contributed by atoms with Gasteiger partial charge in [0, 0.05) is 18.2 Å². The SMILES string of the molecule is CN(C)Cc1cc(/C=C/C(O)=C/C(=O)/C=C/c2ccc(O)cc2)ccc1O. The van der Waals surface area contributed by atoms with Gasteiger partial charge in [0.1, 0.15) is 17.3 Å². The van der Waals surface area contributed by atoms with Crippen LogP contribution in [0.3, 0.4) is 0 Å². The first-order chi connectivity index (χ1) is 12.8. The van der Waals surface area contributed by atoms with Gasteiger partial charge < -0.3 is 20.2 Å². The van der Waals surface area contributed by atoms with Gasteiger partial charge in [-0.15, -0.1) is 0 Å². The summed E-state index contributed by atoms with van der Waals surface area (Å²) < 4.78 is 0. The van der Waals surface area contributed by atoms with E-state index in [9.17, 15) is 20.1 Å². The summed E-state index contributed by atoms with van der Waals surface area (Å²) in [4.78, 5) is 13.8. The number of hydrogen-bond donors (Lipinski definition) is 3. The first-order valence-corrected chi connectivity index (χ1v) is 8.40. The highest BCUT2D eigenvalue weighted by Gasteiger charge is 2.03. The van der Waals surface area contributed by atoms with E-state index in [2.05, 4.69) is 0 Å². The van der Waals surface area contributed by atoms with Crippen LogP contribution in [0, 0.1) is 0 Å². The molecular formula is C22H23NO4.